The van der Waals surface area contributed by atoms with Gasteiger partial charge in [0, 0.05) is 17.6 Å². The van der Waals surface area contributed by atoms with Crippen LogP contribution < -0.4 is 9.62 Å². The van der Waals surface area contributed by atoms with Gasteiger partial charge in [0.2, 0.25) is 21.8 Å². The average molecular weight is 494 g/mol. The van der Waals surface area contributed by atoms with E-state index in [1.165, 1.54) is 4.90 Å². The van der Waals surface area contributed by atoms with Crippen LogP contribution in [0, 0.1) is 13.8 Å². The van der Waals surface area contributed by atoms with Crippen LogP contribution >= 0.6 is 11.6 Å². The molecule has 0 aliphatic rings. The van der Waals surface area contributed by atoms with E-state index in [1.807, 2.05) is 33.8 Å². The van der Waals surface area contributed by atoms with E-state index in [2.05, 4.69) is 5.32 Å². The van der Waals surface area contributed by atoms with Gasteiger partial charge in [0.05, 0.1) is 11.9 Å². The van der Waals surface area contributed by atoms with Gasteiger partial charge in [-0.1, -0.05) is 29.8 Å². The predicted molar refractivity (Wildman–Crippen MR) is 133 cm³/mol. The third kappa shape index (κ3) is 7.47. The molecule has 180 valence electrons. The Hall–Kier alpha value is -2.58. The number of amides is 2. The summed E-state index contributed by atoms with van der Waals surface area (Å²) in [7, 11) is -3.75. The minimum absolute atomic E-state index is 0.101. The van der Waals surface area contributed by atoms with Crippen molar-refractivity contribution in [2.45, 2.75) is 53.2 Å². The molecule has 0 saturated carbocycles. The van der Waals surface area contributed by atoms with Crippen molar-refractivity contribution in [3.05, 3.63) is 64.2 Å². The first-order chi connectivity index (χ1) is 15.3. The molecule has 0 radical (unpaired) electrons. The third-order valence-corrected chi connectivity index (χ3v) is 6.71. The highest BCUT2D eigenvalue weighted by molar-refractivity contribution is 7.92. The number of hydrogen-bond acceptors (Lipinski definition) is 4. The summed E-state index contributed by atoms with van der Waals surface area (Å²) in [4.78, 5) is 27.6. The SMILES string of the molecule is Cc1ccc(N(CC(=O)N(Cc2ccc(Cl)cc2)[C@@H](C)C(=O)NC(C)C)S(C)(=O)=O)cc1C. The number of benzene rings is 2. The molecule has 0 bridgehead atoms. The van der Waals surface area contributed by atoms with Gasteiger partial charge >= 0.3 is 0 Å². The number of nitrogens with one attached hydrogen (secondary N) is 1. The van der Waals surface area contributed by atoms with Crippen molar-refractivity contribution in [3.8, 4) is 0 Å². The number of anilines is 1. The molecule has 0 unspecified atom stereocenters. The van der Waals surface area contributed by atoms with Crippen LogP contribution in [-0.4, -0.2) is 50.0 Å². The Bertz CT molecular complexity index is 1100. The fourth-order valence-electron chi connectivity index (χ4n) is 3.27. The first-order valence-corrected chi connectivity index (χ1v) is 12.9. The molecular formula is C24H32ClN3O4S. The Morgan fingerprint density at radius 1 is 1.00 bits per heavy atom. The van der Waals surface area contributed by atoms with Crippen LogP contribution in [0.5, 0.6) is 0 Å². The lowest BCUT2D eigenvalue weighted by Gasteiger charge is -2.32. The summed E-state index contributed by atoms with van der Waals surface area (Å²) < 4.78 is 26.3. The maximum atomic E-state index is 13.4. The van der Waals surface area contributed by atoms with Crippen molar-refractivity contribution in [3.63, 3.8) is 0 Å². The second kappa shape index (κ2) is 11.0. The van der Waals surface area contributed by atoms with Crippen LogP contribution in [0.2, 0.25) is 5.02 Å². The molecule has 0 spiro atoms. The van der Waals surface area contributed by atoms with Gasteiger partial charge < -0.3 is 10.2 Å². The molecule has 33 heavy (non-hydrogen) atoms. The molecule has 0 aliphatic carbocycles. The summed E-state index contributed by atoms with van der Waals surface area (Å²) in [6.45, 7) is 8.82. The quantitative estimate of drug-likeness (QED) is 0.577. The smallest absolute Gasteiger partial charge is 0.244 e. The molecule has 2 aromatic rings. The zero-order chi connectivity index (χ0) is 24.9. The van der Waals surface area contributed by atoms with E-state index in [0.29, 0.717) is 10.7 Å². The molecule has 0 aromatic heterocycles. The number of carbonyl (C=O) groups excluding carboxylic acids is 2. The van der Waals surface area contributed by atoms with Crippen molar-refractivity contribution in [2.75, 3.05) is 17.1 Å². The van der Waals surface area contributed by atoms with E-state index < -0.39 is 28.5 Å². The Morgan fingerprint density at radius 2 is 1.61 bits per heavy atom. The highest BCUT2D eigenvalue weighted by Gasteiger charge is 2.30. The van der Waals surface area contributed by atoms with Gasteiger partial charge in [-0.05, 0) is 75.6 Å². The van der Waals surface area contributed by atoms with Crippen LogP contribution in [-0.2, 0) is 26.2 Å². The summed E-state index contributed by atoms with van der Waals surface area (Å²) in [5.74, 6) is -0.801. The number of sulfonamides is 1. The lowest BCUT2D eigenvalue weighted by molar-refractivity contribution is -0.139. The van der Waals surface area contributed by atoms with Crippen LogP contribution in [0.3, 0.4) is 0 Å². The fourth-order valence-corrected chi connectivity index (χ4v) is 4.24. The largest absolute Gasteiger partial charge is 0.352 e. The van der Waals surface area contributed by atoms with Gasteiger partial charge in [0.25, 0.3) is 0 Å². The lowest BCUT2D eigenvalue weighted by Crippen LogP contribution is -2.52. The van der Waals surface area contributed by atoms with Gasteiger partial charge in [-0.2, -0.15) is 0 Å². The zero-order valence-corrected chi connectivity index (χ0v) is 21.5. The second-order valence-electron chi connectivity index (χ2n) is 8.53. The molecule has 0 fully saturated rings. The Morgan fingerprint density at radius 3 is 2.12 bits per heavy atom. The summed E-state index contributed by atoms with van der Waals surface area (Å²) in [6.07, 6.45) is 1.06. The van der Waals surface area contributed by atoms with Crippen LogP contribution in [0.4, 0.5) is 5.69 Å². The van der Waals surface area contributed by atoms with E-state index in [-0.39, 0.29) is 18.5 Å². The molecule has 2 amide bonds. The number of rotatable bonds is 9. The van der Waals surface area contributed by atoms with Gasteiger partial charge in [-0.15, -0.1) is 0 Å². The van der Waals surface area contributed by atoms with E-state index in [0.717, 1.165) is 27.3 Å². The molecule has 2 rings (SSSR count). The van der Waals surface area contributed by atoms with E-state index in [1.54, 1.807) is 43.3 Å². The topological polar surface area (TPSA) is 86.8 Å². The number of aryl methyl sites for hydroxylation is 2. The number of hydrogen-bond donors (Lipinski definition) is 1. The number of carbonyl (C=O) groups is 2. The zero-order valence-electron chi connectivity index (χ0n) is 19.9. The average Bonchev–Trinajstić information content (AvgIpc) is 2.71. The van der Waals surface area contributed by atoms with E-state index in [9.17, 15) is 18.0 Å². The maximum absolute atomic E-state index is 13.4. The van der Waals surface area contributed by atoms with Crippen LogP contribution in [0.25, 0.3) is 0 Å². The monoisotopic (exact) mass is 493 g/mol. The fraction of sp³-hybridized carbons (Fsp3) is 0.417. The molecule has 0 aliphatic heterocycles. The minimum Gasteiger partial charge on any atom is -0.352 e. The molecule has 0 saturated heterocycles. The Kier molecular flexibility index (Phi) is 8.91. The van der Waals surface area contributed by atoms with Gasteiger partial charge in [-0.25, -0.2) is 8.42 Å². The summed E-state index contributed by atoms with van der Waals surface area (Å²) in [5.41, 5.74) is 3.10. The Balaban J connectivity index is 2.40. The predicted octanol–water partition coefficient (Wildman–Crippen LogP) is 3.66. The summed E-state index contributed by atoms with van der Waals surface area (Å²) >= 11 is 5.97. The molecule has 0 heterocycles. The maximum Gasteiger partial charge on any atom is 0.244 e. The lowest BCUT2D eigenvalue weighted by atomic mass is 10.1. The summed E-state index contributed by atoms with van der Waals surface area (Å²) in [6, 6.07) is 11.3. The highest BCUT2D eigenvalue weighted by atomic mass is 35.5. The molecular weight excluding hydrogens is 462 g/mol. The van der Waals surface area contributed by atoms with Crippen LogP contribution in [0.15, 0.2) is 42.5 Å². The van der Waals surface area contributed by atoms with Gasteiger partial charge in [0.1, 0.15) is 12.6 Å². The minimum atomic E-state index is -3.75. The highest BCUT2D eigenvalue weighted by Crippen LogP contribution is 2.22. The van der Waals surface area contributed by atoms with Gasteiger partial charge in [0.15, 0.2) is 0 Å². The number of nitrogens with zero attached hydrogens (tertiary/aromatic N) is 2. The first-order valence-electron chi connectivity index (χ1n) is 10.7. The third-order valence-electron chi connectivity index (χ3n) is 5.32. The first kappa shape index (κ1) is 26.7. The molecule has 1 atom stereocenters. The molecule has 2 aromatic carbocycles. The molecule has 7 nitrogen and oxygen atoms in total. The second-order valence-corrected chi connectivity index (χ2v) is 10.9. The molecule has 1 N–H and O–H groups in total. The van der Waals surface area contributed by atoms with Crippen molar-refractivity contribution in [2.24, 2.45) is 0 Å². The van der Waals surface area contributed by atoms with Crippen molar-refractivity contribution in [1.82, 2.24) is 10.2 Å². The molecule has 9 heteroatoms. The normalized spacial score (nSPS) is 12.4. The summed E-state index contributed by atoms with van der Waals surface area (Å²) in [5, 5.41) is 3.37. The standard InChI is InChI=1S/C24H32ClN3O4S/c1-16(2)26-24(30)19(5)27(14-20-8-10-21(25)11-9-20)23(29)15-28(33(6,31)32)22-12-7-17(3)18(4)13-22/h7-13,16,19H,14-15H2,1-6H3,(H,26,30)/t19-/m0/s1. The van der Waals surface area contributed by atoms with Crippen molar-refractivity contribution < 1.29 is 18.0 Å². The Labute approximate surface area is 201 Å². The van der Waals surface area contributed by atoms with Crippen LogP contribution in [0.1, 0.15) is 37.5 Å². The van der Waals surface area contributed by atoms with Crippen molar-refractivity contribution >= 4 is 39.1 Å². The van der Waals surface area contributed by atoms with Crippen molar-refractivity contribution in [1.29, 1.82) is 0 Å². The van der Waals surface area contributed by atoms with Gasteiger partial charge in [-0.3, -0.25) is 13.9 Å². The van der Waals surface area contributed by atoms with E-state index in [4.69, 9.17) is 11.6 Å². The number of halogens is 1. The van der Waals surface area contributed by atoms with E-state index >= 15 is 0 Å².